The van der Waals surface area contributed by atoms with Gasteiger partial charge in [0.05, 0.1) is 6.10 Å². The number of nitrogens with two attached hydrogens (primary N) is 1. The Bertz CT molecular complexity index is 593. The molecule has 0 radical (unpaired) electrons. The average molecular weight is 273 g/mol. The first kappa shape index (κ1) is 14.5. The molecule has 0 aliphatic carbocycles. The monoisotopic (exact) mass is 273 g/mol. The van der Waals surface area contributed by atoms with E-state index < -0.39 is 0 Å². The summed E-state index contributed by atoms with van der Waals surface area (Å²) in [4.78, 5) is 0. The fraction of sp³-hybridized carbons (Fsp3) is 0.294. The van der Waals surface area contributed by atoms with E-state index in [0.29, 0.717) is 11.3 Å². The number of para-hydroxylation sites is 1. The first-order chi connectivity index (χ1) is 9.49. The molecule has 2 nitrogen and oxygen atoms in total. The van der Waals surface area contributed by atoms with E-state index in [2.05, 4.69) is 0 Å². The van der Waals surface area contributed by atoms with E-state index >= 15 is 0 Å². The van der Waals surface area contributed by atoms with Gasteiger partial charge in [0.2, 0.25) is 0 Å². The molecule has 0 heterocycles. The summed E-state index contributed by atoms with van der Waals surface area (Å²) in [5.41, 5.74) is 8.05. The van der Waals surface area contributed by atoms with Crippen molar-refractivity contribution in [2.45, 2.75) is 32.9 Å². The Morgan fingerprint density at radius 2 is 1.70 bits per heavy atom. The van der Waals surface area contributed by atoms with Crippen LogP contribution >= 0.6 is 0 Å². The molecule has 0 saturated carbocycles. The van der Waals surface area contributed by atoms with Crippen molar-refractivity contribution in [2.75, 3.05) is 0 Å². The van der Waals surface area contributed by atoms with Crippen molar-refractivity contribution in [3.05, 3.63) is 53.8 Å². The summed E-state index contributed by atoms with van der Waals surface area (Å²) in [6.45, 7) is 5.78. The summed E-state index contributed by atoms with van der Waals surface area (Å²) in [6, 6.07) is 12.3. The van der Waals surface area contributed by atoms with Crippen LogP contribution in [0.5, 0.6) is 5.75 Å². The molecule has 0 amide bonds. The highest BCUT2D eigenvalue weighted by molar-refractivity contribution is 5.71. The van der Waals surface area contributed by atoms with E-state index in [-0.39, 0.29) is 18.0 Å². The zero-order valence-corrected chi connectivity index (χ0v) is 12.1. The van der Waals surface area contributed by atoms with Gasteiger partial charge in [-0.05, 0) is 44.5 Å². The largest absolute Gasteiger partial charge is 0.490 e. The maximum atomic E-state index is 14.1. The van der Waals surface area contributed by atoms with E-state index in [0.717, 1.165) is 11.1 Å². The molecule has 3 heteroatoms. The van der Waals surface area contributed by atoms with E-state index in [1.807, 2.05) is 45.0 Å². The Hall–Kier alpha value is -1.87. The third-order valence-corrected chi connectivity index (χ3v) is 3.06. The molecule has 0 saturated heterocycles. The Labute approximate surface area is 119 Å². The van der Waals surface area contributed by atoms with Crippen LogP contribution in [0.4, 0.5) is 4.39 Å². The molecule has 20 heavy (non-hydrogen) atoms. The minimum absolute atomic E-state index is 0.0378. The SMILES string of the molecule is CC(C)Oc1ccccc1-c1cc(C(C)N)ccc1F. The van der Waals surface area contributed by atoms with Crippen molar-refractivity contribution in [1.82, 2.24) is 0 Å². The lowest BCUT2D eigenvalue weighted by atomic mass is 9.99. The number of hydrogen-bond donors (Lipinski definition) is 1. The van der Waals surface area contributed by atoms with Crippen molar-refractivity contribution < 1.29 is 9.13 Å². The normalized spacial score (nSPS) is 12.5. The van der Waals surface area contributed by atoms with Gasteiger partial charge in [-0.2, -0.15) is 0 Å². The van der Waals surface area contributed by atoms with Crippen LogP contribution in [0.1, 0.15) is 32.4 Å². The number of hydrogen-bond acceptors (Lipinski definition) is 2. The molecule has 2 aromatic rings. The molecule has 2 rings (SSSR count). The summed E-state index contributed by atoms with van der Waals surface area (Å²) < 4.78 is 19.9. The molecular weight excluding hydrogens is 253 g/mol. The highest BCUT2D eigenvalue weighted by Gasteiger charge is 2.13. The quantitative estimate of drug-likeness (QED) is 0.901. The number of ether oxygens (including phenoxy) is 1. The third kappa shape index (κ3) is 3.17. The van der Waals surface area contributed by atoms with Crippen LogP contribution in [0.3, 0.4) is 0 Å². The molecule has 1 atom stereocenters. The van der Waals surface area contributed by atoms with Crippen molar-refractivity contribution in [3.63, 3.8) is 0 Å². The highest BCUT2D eigenvalue weighted by Crippen LogP contribution is 2.33. The van der Waals surface area contributed by atoms with Crippen LogP contribution in [0.25, 0.3) is 11.1 Å². The molecule has 0 fully saturated rings. The molecule has 1 unspecified atom stereocenters. The van der Waals surface area contributed by atoms with Gasteiger partial charge < -0.3 is 10.5 Å². The molecule has 0 aliphatic rings. The Kier molecular flexibility index (Phi) is 4.40. The van der Waals surface area contributed by atoms with Gasteiger partial charge in [0, 0.05) is 17.2 Å². The second-order valence-electron chi connectivity index (χ2n) is 5.19. The van der Waals surface area contributed by atoms with E-state index in [1.165, 1.54) is 6.07 Å². The second kappa shape index (κ2) is 6.06. The van der Waals surface area contributed by atoms with Crippen molar-refractivity contribution in [2.24, 2.45) is 5.73 Å². The van der Waals surface area contributed by atoms with E-state index in [4.69, 9.17) is 10.5 Å². The molecule has 2 N–H and O–H groups in total. The smallest absolute Gasteiger partial charge is 0.131 e. The highest BCUT2D eigenvalue weighted by atomic mass is 19.1. The first-order valence-corrected chi connectivity index (χ1v) is 6.80. The standard InChI is InChI=1S/C17H20FNO/c1-11(2)20-17-7-5-4-6-14(17)15-10-13(12(3)19)8-9-16(15)18/h4-12H,19H2,1-3H3. The second-order valence-corrected chi connectivity index (χ2v) is 5.19. The zero-order chi connectivity index (χ0) is 14.7. The first-order valence-electron chi connectivity index (χ1n) is 6.80. The maximum absolute atomic E-state index is 14.1. The van der Waals surface area contributed by atoms with Crippen LogP contribution in [0, 0.1) is 5.82 Å². The van der Waals surface area contributed by atoms with Gasteiger partial charge in [-0.1, -0.05) is 24.3 Å². The Balaban J connectivity index is 2.53. The molecule has 0 aliphatic heterocycles. The predicted molar refractivity (Wildman–Crippen MR) is 80.2 cm³/mol. The summed E-state index contributed by atoms with van der Waals surface area (Å²) in [5.74, 6) is 0.414. The fourth-order valence-electron chi connectivity index (χ4n) is 2.08. The van der Waals surface area contributed by atoms with Gasteiger partial charge in [-0.15, -0.1) is 0 Å². The molecule has 0 spiro atoms. The topological polar surface area (TPSA) is 35.2 Å². The van der Waals surface area contributed by atoms with Crippen LogP contribution in [-0.4, -0.2) is 6.10 Å². The Morgan fingerprint density at radius 3 is 2.35 bits per heavy atom. The molecule has 106 valence electrons. The average Bonchev–Trinajstić information content (AvgIpc) is 2.39. The maximum Gasteiger partial charge on any atom is 0.131 e. The molecule has 0 aromatic heterocycles. The van der Waals surface area contributed by atoms with Crippen molar-refractivity contribution in [3.8, 4) is 16.9 Å². The van der Waals surface area contributed by atoms with Gasteiger partial charge >= 0.3 is 0 Å². The van der Waals surface area contributed by atoms with Gasteiger partial charge in [-0.25, -0.2) is 4.39 Å². The number of benzene rings is 2. The third-order valence-electron chi connectivity index (χ3n) is 3.06. The molecule has 0 bridgehead atoms. The molecule has 2 aromatic carbocycles. The lowest BCUT2D eigenvalue weighted by Gasteiger charge is -2.16. The lowest BCUT2D eigenvalue weighted by molar-refractivity contribution is 0.243. The van der Waals surface area contributed by atoms with E-state index in [1.54, 1.807) is 12.1 Å². The summed E-state index contributed by atoms with van der Waals surface area (Å²) >= 11 is 0. The van der Waals surface area contributed by atoms with Crippen molar-refractivity contribution >= 4 is 0 Å². The Morgan fingerprint density at radius 1 is 1.00 bits per heavy atom. The number of rotatable bonds is 4. The fourth-order valence-corrected chi connectivity index (χ4v) is 2.08. The van der Waals surface area contributed by atoms with Gasteiger partial charge in [0.1, 0.15) is 11.6 Å². The number of halogens is 1. The van der Waals surface area contributed by atoms with Gasteiger partial charge in [0.25, 0.3) is 0 Å². The van der Waals surface area contributed by atoms with Crippen LogP contribution in [-0.2, 0) is 0 Å². The summed E-state index contributed by atoms with van der Waals surface area (Å²) in [5, 5.41) is 0. The van der Waals surface area contributed by atoms with Crippen LogP contribution in [0.15, 0.2) is 42.5 Å². The molecular formula is C17H20FNO. The lowest BCUT2D eigenvalue weighted by Crippen LogP contribution is -2.07. The van der Waals surface area contributed by atoms with E-state index in [9.17, 15) is 4.39 Å². The van der Waals surface area contributed by atoms with Crippen LogP contribution in [0.2, 0.25) is 0 Å². The minimum Gasteiger partial charge on any atom is -0.490 e. The van der Waals surface area contributed by atoms with Gasteiger partial charge in [-0.3, -0.25) is 0 Å². The minimum atomic E-state index is -0.269. The summed E-state index contributed by atoms with van der Waals surface area (Å²) in [6.07, 6.45) is 0.0378. The van der Waals surface area contributed by atoms with Crippen molar-refractivity contribution in [1.29, 1.82) is 0 Å². The predicted octanol–water partition coefficient (Wildman–Crippen LogP) is 4.30. The summed E-state index contributed by atoms with van der Waals surface area (Å²) in [7, 11) is 0. The van der Waals surface area contributed by atoms with Gasteiger partial charge in [0.15, 0.2) is 0 Å². The van der Waals surface area contributed by atoms with Crippen LogP contribution < -0.4 is 10.5 Å². The zero-order valence-electron chi connectivity index (χ0n) is 12.1.